The molecular formula is C15H28. The second-order valence-corrected chi connectivity index (χ2v) is 6.97. The third-order valence-corrected chi connectivity index (χ3v) is 4.94. The predicted molar refractivity (Wildman–Crippen MR) is 66.9 cm³/mol. The fourth-order valence-corrected chi connectivity index (χ4v) is 4.18. The third kappa shape index (κ3) is 2.57. The standard InChI is InChI=1S/C15H28/c1-15(2,3)14-11-7-5-9-12-8-4-6-10-13(12)14/h12-14H,4-11H2,1-3H3. The van der Waals surface area contributed by atoms with Gasteiger partial charge < -0.3 is 0 Å². The molecule has 0 radical (unpaired) electrons. The molecule has 2 saturated carbocycles. The van der Waals surface area contributed by atoms with Crippen LogP contribution in [0.1, 0.15) is 72.1 Å². The van der Waals surface area contributed by atoms with Crippen LogP contribution >= 0.6 is 0 Å². The Hall–Kier alpha value is 0. The molecule has 2 rings (SSSR count). The first-order chi connectivity index (χ1) is 7.09. The molecule has 0 heteroatoms. The SMILES string of the molecule is CC(C)(C)C1CCCCC2CCCCC21. The summed E-state index contributed by atoms with van der Waals surface area (Å²) in [5.41, 5.74) is 0.546. The quantitative estimate of drug-likeness (QED) is 0.524. The van der Waals surface area contributed by atoms with Gasteiger partial charge in [-0.05, 0) is 36.0 Å². The van der Waals surface area contributed by atoms with E-state index in [-0.39, 0.29) is 0 Å². The Bertz CT molecular complexity index is 199. The van der Waals surface area contributed by atoms with E-state index in [9.17, 15) is 0 Å². The highest BCUT2D eigenvalue weighted by Crippen LogP contribution is 2.48. The number of hydrogen-bond donors (Lipinski definition) is 0. The van der Waals surface area contributed by atoms with Gasteiger partial charge in [0.25, 0.3) is 0 Å². The van der Waals surface area contributed by atoms with E-state index in [4.69, 9.17) is 0 Å². The average Bonchev–Trinajstić information content (AvgIpc) is 2.38. The molecule has 0 aromatic carbocycles. The van der Waals surface area contributed by atoms with Gasteiger partial charge in [-0.25, -0.2) is 0 Å². The van der Waals surface area contributed by atoms with Crippen molar-refractivity contribution in [2.24, 2.45) is 23.2 Å². The van der Waals surface area contributed by atoms with E-state index in [1.54, 1.807) is 0 Å². The van der Waals surface area contributed by atoms with Crippen molar-refractivity contribution in [1.82, 2.24) is 0 Å². The van der Waals surface area contributed by atoms with Crippen molar-refractivity contribution >= 4 is 0 Å². The Labute approximate surface area is 95.8 Å². The molecule has 0 N–H and O–H groups in total. The highest BCUT2D eigenvalue weighted by Gasteiger charge is 2.38. The minimum Gasteiger partial charge on any atom is -0.0599 e. The van der Waals surface area contributed by atoms with Crippen molar-refractivity contribution in [2.45, 2.75) is 72.1 Å². The molecule has 3 unspecified atom stereocenters. The lowest BCUT2D eigenvalue weighted by Gasteiger charge is -2.42. The maximum Gasteiger partial charge on any atom is -0.0334 e. The Morgan fingerprint density at radius 3 is 1.87 bits per heavy atom. The molecule has 0 saturated heterocycles. The van der Waals surface area contributed by atoms with Gasteiger partial charge in [0.15, 0.2) is 0 Å². The van der Waals surface area contributed by atoms with Gasteiger partial charge in [-0.15, -0.1) is 0 Å². The molecule has 0 aliphatic heterocycles. The Kier molecular flexibility index (Phi) is 3.42. The van der Waals surface area contributed by atoms with Crippen LogP contribution in [-0.2, 0) is 0 Å². The first-order valence-electron chi connectivity index (χ1n) is 7.09. The van der Waals surface area contributed by atoms with Crippen LogP contribution in [0.25, 0.3) is 0 Å². The van der Waals surface area contributed by atoms with E-state index in [2.05, 4.69) is 20.8 Å². The van der Waals surface area contributed by atoms with Gasteiger partial charge in [0, 0.05) is 0 Å². The van der Waals surface area contributed by atoms with Gasteiger partial charge in [-0.3, -0.25) is 0 Å². The van der Waals surface area contributed by atoms with Crippen LogP contribution in [0.15, 0.2) is 0 Å². The molecule has 15 heavy (non-hydrogen) atoms. The molecule has 2 fully saturated rings. The van der Waals surface area contributed by atoms with E-state index < -0.39 is 0 Å². The summed E-state index contributed by atoms with van der Waals surface area (Å²) in [4.78, 5) is 0. The van der Waals surface area contributed by atoms with Crippen molar-refractivity contribution in [1.29, 1.82) is 0 Å². The van der Waals surface area contributed by atoms with Crippen LogP contribution in [0, 0.1) is 23.2 Å². The van der Waals surface area contributed by atoms with Gasteiger partial charge in [-0.1, -0.05) is 59.3 Å². The lowest BCUT2D eigenvalue weighted by Crippen LogP contribution is -2.33. The highest BCUT2D eigenvalue weighted by molar-refractivity contribution is 4.88. The summed E-state index contributed by atoms with van der Waals surface area (Å²) in [6, 6.07) is 0. The molecular weight excluding hydrogens is 180 g/mol. The summed E-state index contributed by atoms with van der Waals surface area (Å²) in [7, 11) is 0. The largest absolute Gasteiger partial charge is 0.0599 e. The summed E-state index contributed by atoms with van der Waals surface area (Å²) in [5.74, 6) is 3.16. The minimum atomic E-state index is 0.546. The molecule has 0 nitrogen and oxygen atoms in total. The van der Waals surface area contributed by atoms with Crippen molar-refractivity contribution in [2.75, 3.05) is 0 Å². The van der Waals surface area contributed by atoms with Gasteiger partial charge in [0.1, 0.15) is 0 Å². The molecule has 0 aromatic heterocycles. The zero-order valence-corrected chi connectivity index (χ0v) is 10.9. The van der Waals surface area contributed by atoms with Crippen LogP contribution in [0.4, 0.5) is 0 Å². The Morgan fingerprint density at radius 2 is 1.27 bits per heavy atom. The fraction of sp³-hybridized carbons (Fsp3) is 1.00. The van der Waals surface area contributed by atoms with Crippen LogP contribution in [-0.4, -0.2) is 0 Å². The molecule has 0 bridgehead atoms. The topological polar surface area (TPSA) is 0 Å². The monoisotopic (exact) mass is 208 g/mol. The van der Waals surface area contributed by atoms with Gasteiger partial charge >= 0.3 is 0 Å². The van der Waals surface area contributed by atoms with E-state index >= 15 is 0 Å². The summed E-state index contributed by atoms with van der Waals surface area (Å²) < 4.78 is 0. The molecule has 2 aliphatic rings. The van der Waals surface area contributed by atoms with Gasteiger partial charge in [0.2, 0.25) is 0 Å². The first kappa shape index (κ1) is 11.5. The Balaban J connectivity index is 2.13. The maximum atomic E-state index is 2.47. The fourth-order valence-electron chi connectivity index (χ4n) is 4.18. The summed E-state index contributed by atoms with van der Waals surface area (Å²) >= 11 is 0. The predicted octanol–water partition coefficient (Wildman–Crippen LogP) is 5.03. The molecule has 0 spiro atoms. The molecule has 0 aromatic rings. The Morgan fingerprint density at radius 1 is 0.733 bits per heavy atom. The summed E-state index contributed by atoms with van der Waals surface area (Å²) in [5, 5.41) is 0. The zero-order chi connectivity index (χ0) is 10.9. The lowest BCUT2D eigenvalue weighted by atomic mass is 9.63. The molecule has 88 valence electrons. The van der Waals surface area contributed by atoms with Gasteiger partial charge in [0.05, 0.1) is 0 Å². The average molecular weight is 208 g/mol. The van der Waals surface area contributed by atoms with E-state index in [1.165, 1.54) is 51.4 Å². The second kappa shape index (κ2) is 4.47. The number of rotatable bonds is 0. The summed E-state index contributed by atoms with van der Waals surface area (Å²) in [6.45, 7) is 7.40. The molecule has 0 amide bonds. The molecule has 2 aliphatic carbocycles. The lowest BCUT2D eigenvalue weighted by molar-refractivity contribution is 0.0794. The molecule has 3 atom stereocenters. The number of fused-ring (bicyclic) bond motifs is 1. The van der Waals surface area contributed by atoms with Crippen LogP contribution in [0.5, 0.6) is 0 Å². The van der Waals surface area contributed by atoms with Crippen LogP contribution in [0.3, 0.4) is 0 Å². The van der Waals surface area contributed by atoms with Crippen LogP contribution in [0.2, 0.25) is 0 Å². The first-order valence-corrected chi connectivity index (χ1v) is 7.09. The summed E-state index contributed by atoms with van der Waals surface area (Å²) in [6.07, 6.45) is 12.1. The second-order valence-electron chi connectivity index (χ2n) is 6.97. The minimum absolute atomic E-state index is 0.546. The smallest absolute Gasteiger partial charge is 0.0334 e. The van der Waals surface area contributed by atoms with Crippen molar-refractivity contribution in [3.63, 3.8) is 0 Å². The highest BCUT2D eigenvalue weighted by atomic mass is 14.4. The van der Waals surface area contributed by atoms with E-state index in [0.29, 0.717) is 5.41 Å². The van der Waals surface area contributed by atoms with Crippen molar-refractivity contribution < 1.29 is 0 Å². The van der Waals surface area contributed by atoms with Crippen LogP contribution < -0.4 is 0 Å². The van der Waals surface area contributed by atoms with Gasteiger partial charge in [-0.2, -0.15) is 0 Å². The van der Waals surface area contributed by atoms with Crippen molar-refractivity contribution in [3.8, 4) is 0 Å². The third-order valence-electron chi connectivity index (χ3n) is 4.94. The van der Waals surface area contributed by atoms with E-state index in [1.807, 2.05) is 0 Å². The maximum absolute atomic E-state index is 2.47. The van der Waals surface area contributed by atoms with Crippen molar-refractivity contribution in [3.05, 3.63) is 0 Å². The normalized spacial score (nSPS) is 38.2. The zero-order valence-electron chi connectivity index (χ0n) is 10.9. The molecule has 0 heterocycles. The van der Waals surface area contributed by atoms with E-state index in [0.717, 1.165) is 17.8 Å². The number of hydrogen-bond acceptors (Lipinski definition) is 0.